The van der Waals surface area contributed by atoms with Crippen molar-refractivity contribution in [1.82, 2.24) is 19.7 Å². The monoisotopic (exact) mass is 356 g/mol. The Morgan fingerprint density at radius 2 is 2.12 bits per heavy atom. The maximum absolute atomic E-state index is 12.8. The number of nitrogens with one attached hydrogen (secondary N) is 1. The van der Waals surface area contributed by atoms with Crippen LogP contribution in [0.25, 0.3) is 0 Å². The topological polar surface area (TPSA) is 68.9 Å². The smallest absolute Gasteiger partial charge is 0.346 e. The van der Waals surface area contributed by atoms with Crippen LogP contribution >= 0.6 is 0 Å². The minimum absolute atomic E-state index is 0.0245. The first-order valence-corrected chi connectivity index (χ1v) is 9.38. The van der Waals surface area contributed by atoms with Gasteiger partial charge in [-0.05, 0) is 43.7 Å². The summed E-state index contributed by atoms with van der Waals surface area (Å²) in [5.41, 5.74) is 3.26. The number of carbonyl (C=O) groups is 1. The molecule has 26 heavy (non-hydrogen) atoms. The molecule has 1 aliphatic rings. The molecule has 1 N–H and O–H groups in total. The fraction of sp³-hybridized carbons (Fsp3) is 0.550. The van der Waals surface area contributed by atoms with E-state index >= 15 is 0 Å². The predicted molar refractivity (Wildman–Crippen MR) is 101 cm³/mol. The van der Waals surface area contributed by atoms with Crippen molar-refractivity contribution in [1.29, 1.82) is 0 Å². The summed E-state index contributed by atoms with van der Waals surface area (Å²) in [6.45, 7) is 9.92. The van der Waals surface area contributed by atoms with E-state index in [0.29, 0.717) is 31.4 Å². The average molecular weight is 356 g/mol. The number of hydrogen-bond acceptors (Lipinski definition) is 3. The molecular weight excluding hydrogens is 328 g/mol. The van der Waals surface area contributed by atoms with E-state index in [1.54, 1.807) is 4.57 Å². The lowest BCUT2D eigenvalue weighted by atomic mass is 9.98. The van der Waals surface area contributed by atoms with E-state index in [1.165, 1.54) is 4.68 Å². The molecule has 2 heterocycles. The van der Waals surface area contributed by atoms with Gasteiger partial charge in [0.2, 0.25) is 5.91 Å². The molecule has 0 radical (unpaired) electrons. The highest BCUT2D eigenvalue weighted by Gasteiger charge is 2.31. The zero-order valence-corrected chi connectivity index (χ0v) is 16.1. The van der Waals surface area contributed by atoms with Crippen molar-refractivity contribution in [2.75, 3.05) is 6.54 Å². The second kappa shape index (κ2) is 7.48. The van der Waals surface area contributed by atoms with Gasteiger partial charge in [0.15, 0.2) is 0 Å². The van der Waals surface area contributed by atoms with Crippen LogP contribution in [0.3, 0.4) is 0 Å². The van der Waals surface area contributed by atoms with E-state index in [0.717, 1.165) is 29.5 Å². The first-order valence-electron chi connectivity index (χ1n) is 9.38. The Morgan fingerprint density at radius 1 is 1.35 bits per heavy atom. The molecule has 1 unspecified atom stereocenters. The molecule has 0 spiro atoms. The second-order valence-corrected chi connectivity index (χ2v) is 7.71. The van der Waals surface area contributed by atoms with Gasteiger partial charge >= 0.3 is 5.69 Å². The SMILES string of the molecule is Cc1ccc(C)c(Cn2nc3n(c2=O)CCCC3C(=O)NCC(C)C)c1. The summed E-state index contributed by atoms with van der Waals surface area (Å²) in [7, 11) is 0. The summed E-state index contributed by atoms with van der Waals surface area (Å²) in [5, 5.41) is 7.54. The number of aryl methyl sites for hydroxylation is 2. The van der Waals surface area contributed by atoms with Crippen LogP contribution in [-0.4, -0.2) is 26.8 Å². The highest BCUT2D eigenvalue weighted by atomic mass is 16.2. The lowest BCUT2D eigenvalue weighted by Gasteiger charge is -2.21. The number of rotatable bonds is 5. The van der Waals surface area contributed by atoms with Gasteiger partial charge < -0.3 is 5.32 Å². The first kappa shape index (κ1) is 18.4. The maximum atomic E-state index is 12.8. The van der Waals surface area contributed by atoms with E-state index < -0.39 is 0 Å². The molecule has 140 valence electrons. The quantitative estimate of drug-likeness (QED) is 0.894. The maximum Gasteiger partial charge on any atom is 0.346 e. The van der Waals surface area contributed by atoms with Crippen LogP contribution in [0, 0.1) is 19.8 Å². The Labute approximate surface area is 154 Å². The van der Waals surface area contributed by atoms with Crippen LogP contribution < -0.4 is 11.0 Å². The van der Waals surface area contributed by atoms with Crippen LogP contribution in [0.5, 0.6) is 0 Å². The molecule has 0 fully saturated rings. The molecule has 2 aromatic rings. The number of amides is 1. The van der Waals surface area contributed by atoms with Gasteiger partial charge in [-0.25, -0.2) is 9.48 Å². The fourth-order valence-corrected chi connectivity index (χ4v) is 3.42. The van der Waals surface area contributed by atoms with E-state index in [1.807, 2.05) is 13.8 Å². The Kier molecular flexibility index (Phi) is 5.30. The molecule has 1 amide bonds. The van der Waals surface area contributed by atoms with Crippen LogP contribution in [-0.2, 0) is 17.9 Å². The molecule has 3 rings (SSSR count). The molecule has 6 heteroatoms. The number of carbonyl (C=O) groups excluding carboxylic acids is 1. The third-order valence-electron chi connectivity index (χ3n) is 4.96. The molecule has 0 saturated carbocycles. The largest absolute Gasteiger partial charge is 0.355 e. The lowest BCUT2D eigenvalue weighted by molar-refractivity contribution is -0.123. The standard InChI is InChI=1S/C20H28N4O2/c1-13(2)11-21-19(25)17-6-5-9-23-18(17)22-24(20(23)26)12-16-10-14(3)7-8-15(16)4/h7-8,10,13,17H,5-6,9,11-12H2,1-4H3,(H,21,25). The van der Waals surface area contributed by atoms with Crippen LogP contribution in [0.4, 0.5) is 0 Å². The minimum atomic E-state index is -0.338. The Bertz CT molecular complexity index is 863. The Morgan fingerprint density at radius 3 is 2.85 bits per heavy atom. The number of fused-ring (bicyclic) bond motifs is 1. The molecule has 1 aromatic carbocycles. The second-order valence-electron chi connectivity index (χ2n) is 7.71. The summed E-state index contributed by atoms with van der Waals surface area (Å²) in [4.78, 5) is 25.3. The third-order valence-corrected chi connectivity index (χ3v) is 4.96. The normalized spacial score (nSPS) is 16.6. The summed E-state index contributed by atoms with van der Waals surface area (Å²) in [6.07, 6.45) is 1.56. The highest BCUT2D eigenvalue weighted by Crippen LogP contribution is 2.25. The van der Waals surface area contributed by atoms with Crippen molar-refractivity contribution >= 4 is 5.91 Å². The molecule has 0 aliphatic carbocycles. The fourth-order valence-electron chi connectivity index (χ4n) is 3.42. The molecule has 0 bridgehead atoms. The zero-order valence-electron chi connectivity index (χ0n) is 16.1. The van der Waals surface area contributed by atoms with Gasteiger partial charge in [-0.1, -0.05) is 37.6 Å². The van der Waals surface area contributed by atoms with Crippen molar-refractivity contribution in [3.8, 4) is 0 Å². The minimum Gasteiger partial charge on any atom is -0.355 e. The average Bonchev–Trinajstić information content (AvgIpc) is 2.92. The highest BCUT2D eigenvalue weighted by molar-refractivity contribution is 5.82. The zero-order chi connectivity index (χ0) is 18.8. The number of benzene rings is 1. The van der Waals surface area contributed by atoms with Gasteiger partial charge in [0.1, 0.15) is 5.82 Å². The van der Waals surface area contributed by atoms with Crippen LogP contribution in [0.15, 0.2) is 23.0 Å². The Hall–Kier alpha value is -2.37. The van der Waals surface area contributed by atoms with E-state index in [4.69, 9.17) is 0 Å². The van der Waals surface area contributed by atoms with Crippen molar-refractivity contribution in [3.05, 3.63) is 51.2 Å². The number of aromatic nitrogens is 3. The summed E-state index contributed by atoms with van der Waals surface area (Å²) in [6, 6.07) is 6.22. The van der Waals surface area contributed by atoms with Gasteiger partial charge in [-0.3, -0.25) is 9.36 Å². The van der Waals surface area contributed by atoms with Crippen molar-refractivity contribution < 1.29 is 4.79 Å². The molecular formula is C20H28N4O2. The van der Waals surface area contributed by atoms with Crippen molar-refractivity contribution in [3.63, 3.8) is 0 Å². The van der Waals surface area contributed by atoms with Gasteiger partial charge in [0.05, 0.1) is 12.5 Å². The van der Waals surface area contributed by atoms with Gasteiger partial charge in [0, 0.05) is 13.1 Å². The molecule has 1 aliphatic heterocycles. The molecule has 0 saturated heterocycles. The predicted octanol–water partition coefficient (Wildman–Crippen LogP) is 2.36. The van der Waals surface area contributed by atoms with E-state index in [9.17, 15) is 9.59 Å². The lowest BCUT2D eigenvalue weighted by Crippen LogP contribution is -2.36. The summed E-state index contributed by atoms with van der Waals surface area (Å²) in [5.74, 6) is 0.637. The van der Waals surface area contributed by atoms with Crippen LogP contribution in [0.2, 0.25) is 0 Å². The summed E-state index contributed by atoms with van der Waals surface area (Å²) < 4.78 is 3.18. The van der Waals surface area contributed by atoms with Gasteiger partial charge in [-0.2, -0.15) is 5.10 Å². The number of nitrogens with zero attached hydrogens (tertiary/aromatic N) is 3. The van der Waals surface area contributed by atoms with E-state index in [2.05, 4.69) is 42.5 Å². The van der Waals surface area contributed by atoms with Gasteiger partial charge in [-0.15, -0.1) is 0 Å². The van der Waals surface area contributed by atoms with Crippen molar-refractivity contribution in [2.45, 2.75) is 59.5 Å². The third kappa shape index (κ3) is 3.74. The molecule has 6 nitrogen and oxygen atoms in total. The van der Waals surface area contributed by atoms with Crippen LogP contribution in [0.1, 0.15) is 55.1 Å². The molecule has 1 atom stereocenters. The Balaban J connectivity index is 1.88. The summed E-state index contributed by atoms with van der Waals surface area (Å²) >= 11 is 0. The van der Waals surface area contributed by atoms with Gasteiger partial charge in [0.25, 0.3) is 0 Å². The number of hydrogen-bond donors (Lipinski definition) is 1. The molecule has 1 aromatic heterocycles. The van der Waals surface area contributed by atoms with E-state index in [-0.39, 0.29) is 17.5 Å². The first-order chi connectivity index (χ1) is 12.4. The van der Waals surface area contributed by atoms with Crippen molar-refractivity contribution in [2.24, 2.45) is 5.92 Å².